The Labute approximate surface area is 89.0 Å². The molecule has 1 aromatic carbocycles. The van der Waals surface area contributed by atoms with Gasteiger partial charge in [0.25, 0.3) is 0 Å². The van der Waals surface area contributed by atoms with E-state index in [0.717, 1.165) is 11.4 Å². The minimum absolute atomic E-state index is 0.148. The minimum Gasteiger partial charge on any atom is -0.484 e. The molecule has 0 aromatic heterocycles. The van der Waals surface area contributed by atoms with Gasteiger partial charge in [-0.05, 0) is 12.1 Å². The highest BCUT2D eigenvalue weighted by atomic mass is 16.5. The maximum atomic E-state index is 5.90. The summed E-state index contributed by atoms with van der Waals surface area (Å²) >= 11 is 0. The molecule has 3 rings (SSSR count). The summed E-state index contributed by atoms with van der Waals surface area (Å²) < 4.78 is 5.90. The summed E-state index contributed by atoms with van der Waals surface area (Å²) in [6.45, 7) is 2.14. The van der Waals surface area contributed by atoms with Crippen LogP contribution in [0.1, 0.15) is 12.5 Å². The Morgan fingerprint density at radius 3 is 2.93 bits per heavy atom. The summed E-state index contributed by atoms with van der Waals surface area (Å²) in [5, 5.41) is 0. The molecule has 1 heterocycles. The Hall–Kier alpha value is -1.70. The molecule has 2 aliphatic rings. The van der Waals surface area contributed by atoms with Gasteiger partial charge in [0.2, 0.25) is 0 Å². The fourth-order valence-electron chi connectivity index (χ4n) is 2.33. The number of fused-ring (bicyclic) bond motifs is 3. The molecule has 0 fully saturated rings. The summed E-state index contributed by atoms with van der Waals surface area (Å²) in [4.78, 5) is 0. The topological polar surface area (TPSA) is 35.2 Å². The maximum absolute atomic E-state index is 5.90. The third kappa shape index (κ3) is 1.18. The lowest BCUT2D eigenvalue weighted by Crippen LogP contribution is -2.24. The quantitative estimate of drug-likeness (QED) is 0.696. The van der Waals surface area contributed by atoms with E-state index in [1.54, 1.807) is 0 Å². The molecule has 2 atom stereocenters. The van der Waals surface area contributed by atoms with Gasteiger partial charge >= 0.3 is 0 Å². The Balaban J connectivity index is 2.15. The van der Waals surface area contributed by atoms with Crippen LogP contribution in [-0.2, 0) is 0 Å². The van der Waals surface area contributed by atoms with Crippen LogP contribution in [0.15, 0.2) is 42.1 Å². The van der Waals surface area contributed by atoms with E-state index in [-0.39, 0.29) is 6.10 Å². The molecule has 0 spiro atoms. The van der Waals surface area contributed by atoms with Crippen molar-refractivity contribution in [2.45, 2.75) is 13.0 Å². The van der Waals surface area contributed by atoms with Gasteiger partial charge in [-0.3, -0.25) is 0 Å². The number of benzene rings is 1. The second-order valence-corrected chi connectivity index (χ2v) is 4.16. The molecule has 0 amide bonds. The summed E-state index contributed by atoms with van der Waals surface area (Å²) in [5.41, 5.74) is 9.12. The Morgan fingerprint density at radius 1 is 1.27 bits per heavy atom. The molecular weight excluding hydrogens is 186 g/mol. The standard InChI is InChI=1S/C13H13NO/c1-8-6-9(14)7-11-10-4-2-3-5-12(10)15-13(8)11/h2-8,13H,14H2,1H3. The van der Waals surface area contributed by atoms with Gasteiger partial charge in [0, 0.05) is 22.8 Å². The van der Waals surface area contributed by atoms with E-state index in [1.165, 1.54) is 11.1 Å². The number of para-hydroxylation sites is 1. The first-order chi connectivity index (χ1) is 7.25. The second kappa shape index (κ2) is 2.89. The van der Waals surface area contributed by atoms with Crippen molar-refractivity contribution in [3.8, 4) is 5.75 Å². The van der Waals surface area contributed by atoms with Crippen LogP contribution in [0, 0.1) is 5.92 Å². The highest BCUT2D eigenvalue weighted by molar-refractivity contribution is 5.80. The van der Waals surface area contributed by atoms with Crippen LogP contribution in [0.3, 0.4) is 0 Å². The van der Waals surface area contributed by atoms with E-state index < -0.39 is 0 Å². The van der Waals surface area contributed by atoms with Crippen molar-refractivity contribution in [2.24, 2.45) is 11.7 Å². The highest BCUT2D eigenvalue weighted by Crippen LogP contribution is 2.42. The van der Waals surface area contributed by atoms with Crippen molar-refractivity contribution in [1.29, 1.82) is 0 Å². The molecule has 1 aliphatic heterocycles. The predicted octanol–water partition coefficient (Wildman–Crippen LogP) is 2.32. The average Bonchev–Trinajstić information content (AvgIpc) is 2.57. The lowest BCUT2D eigenvalue weighted by atomic mass is 9.89. The first-order valence-electron chi connectivity index (χ1n) is 5.20. The summed E-state index contributed by atoms with van der Waals surface area (Å²) in [6.07, 6.45) is 4.23. The van der Waals surface area contributed by atoms with Crippen molar-refractivity contribution < 1.29 is 4.74 Å². The molecule has 2 nitrogen and oxygen atoms in total. The number of allylic oxidation sites excluding steroid dienone is 1. The van der Waals surface area contributed by atoms with Gasteiger partial charge in [-0.25, -0.2) is 0 Å². The van der Waals surface area contributed by atoms with Gasteiger partial charge in [-0.15, -0.1) is 0 Å². The molecule has 1 aliphatic carbocycles. The number of hydrogen-bond acceptors (Lipinski definition) is 2. The Bertz CT molecular complexity index is 473. The molecule has 1 aromatic rings. The minimum atomic E-state index is 0.148. The zero-order valence-corrected chi connectivity index (χ0v) is 8.60. The van der Waals surface area contributed by atoms with Crippen LogP contribution in [-0.4, -0.2) is 6.10 Å². The van der Waals surface area contributed by atoms with Gasteiger partial charge < -0.3 is 10.5 Å². The van der Waals surface area contributed by atoms with E-state index in [2.05, 4.69) is 19.1 Å². The Kier molecular flexibility index (Phi) is 1.66. The van der Waals surface area contributed by atoms with E-state index in [1.807, 2.05) is 24.3 Å². The molecule has 15 heavy (non-hydrogen) atoms. The molecule has 0 saturated carbocycles. The van der Waals surface area contributed by atoms with Gasteiger partial charge in [-0.1, -0.05) is 31.2 Å². The third-order valence-electron chi connectivity index (χ3n) is 3.01. The highest BCUT2D eigenvalue weighted by Gasteiger charge is 2.33. The number of nitrogens with two attached hydrogens (primary N) is 1. The molecular formula is C13H13NO. The molecule has 0 bridgehead atoms. The number of rotatable bonds is 0. The zero-order chi connectivity index (χ0) is 10.4. The lowest BCUT2D eigenvalue weighted by Gasteiger charge is -2.21. The summed E-state index contributed by atoms with van der Waals surface area (Å²) in [7, 11) is 0. The van der Waals surface area contributed by atoms with E-state index in [0.29, 0.717) is 5.92 Å². The van der Waals surface area contributed by atoms with Crippen molar-refractivity contribution in [3.63, 3.8) is 0 Å². The summed E-state index contributed by atoms with van der Waals surface area (Å²) in [6, 6.07) is 8.13. The van der Waals surface area contributed by atoms with Gasteiger partial charge in [0.05, 0.1) is 0 Å². The van der Waals surface area contributed by atoms with Crippen LogP contribution < -0.4 is 10.5 Å². The van der Waals surface area contributed by atoms with E-state index in [9.17, 15) is 0 Å². The maximum Gasteiger partial charge on any atom is 0.131 e. The fraction of sp³-hybridized carbons (Fsp3) is 0.231. The normalized spacial score (nSPS) is 27.3. The van der Waals surface area contributed by atoms with Crippen LogP contribution >= 0.6 is 0 Å². The lowest BCUT2D eigenvalue weighted by molar-refractivity contribution is 0.235. The van der Waals surface area contributed by atoms with Crippen LogP contribution in [0.2, 0.25) is 0 Å². The first-order valence-corrected chi connectivity index (χ1v) is 5.20. The van der Waals surface area contributed by atoms with Gasteiger partial charge in [-0.2, -0.15) is 0 Å². The summed E-state index contributed by atoms with van der Waals surface area (Å²) in [5.74, 6) is 1.32. The largest absolute Gasteiger partial charge is 0.484 e. The average molecular weight is 199 g/mol. The second-order valence-electron chi connectivity index (χ2n) is 4.16. The molecule has 2 unspecified atom stereocenters. The monoisotopic (exact) mass is 199 g/mol. The van der Waals surface area contributed by atoms with Gasteiger partial charge in [0.15, 0.2) is 0 Å². The fourth-order valence-corrected chi connectivity index (χ4v) is 2.33. The number of hydrogen-bond donors (Lipinski definition) is 1. The molecule has 76 valence electrons. The van der Waals surface area contributed by atoms with Crippen molar-refractivity contribution in [3.05, 3.63) is 47.7 Å². The smallest absolute Gasteiger partial charge is 0.131 e. The van der Waals surface area contributed by atoms with Crippen LogP contribution in [0.5, 0.6) is 5.75 Å². The van der Waals surface area contributed by atoms with Crippen LogP contribution in [0.4, 0.5) is 0 Å². The molecule has 0 saturated heterocycles. The zero-order valence-electron chi connectivity index (χ0n) is 8.60. The molecule has 2 N–H and O–H groups in total. The molecule has 2 heteroatoms. The van der Waals surface area contributed by atoms with Crippen LogP contribution in [0.25, 0.3) is 5.57 Å². The Morgan fingerprint density at radius 2 is 2.07 bits per heavy atom. The predicted molar refractivity (Wildman–Crippen MR) is 60.3 cm³/mol. The SMILES string of the molecule is CC1C=C(N)C=C2c3ccccc3OC21. The number of ether oxygens (including phenoxy) is 1. The van der Waals surface area contributed by atoms with Crippen molar-refractivity contribution >= 4 is 5.57 Å². The van der Waals surface area contributed by atoms with Gasteiger partial charge in [0.1, 0.15) is 11.9 Å². The van der Waals surface area contributed by atoms with E-state index >= 15 is 0 Å². The van der Waals surface area contributed by atoms with Crippen molar-refractivity contribution in [2.75, 3.05) is 0 Å². The third-order valence-corrected chi connectivity index (χ3v) is 3.01. The molecule has 0 radical (unpaired) electrons. The van der Waals surface area contributed by atoms with E-state index in [4.69, 9.17) is 10.5 Å². The van der Waals surface area contributed by atoms with Crippen molar-refractivity contribution in [1.82, 2.24) is 0 Å². The first kappa shape index (κ1) is 8.60.